The van der Waals surface area contributed by atoms with Gasteiger partial charge in [0.2, 0.25) is 0 Å². The van der Waals surface area contributed by atoms with Crippen LogP contribution in [-0.4, -0.2) is 34.6 Å². The molecule has 1 atom stereocenters. The summed E-state index contributed by atoms with van der Waals surface area (Å²) in [6.07, 6.45) is 0.949. The van der Waals surface area contributed by atoms with E-state index in [9.17, 15) is 15.2 Å². The van der Waals surface area contributed by atoms with Crippen molar-refractivity contribution in [3.05, 3.63) is 34.2 Å². The average Bonchev–Trinajstić information content (AvgIpc) is 2.16. The fraction of sp³-hybridized carbons (Fsp3) is 0.636. The Bertz CT molecular complexity index is 298. The molecular weight excluding hydrogens is 208 g/mol. The van der Waals surface area contributed by atoms with Crippen molar-refractivity contribution < 1.29 is 10.0 Å². The summed E-state index contributed by atoms with van der Waals surface area (Å²) in [5, 5.41) is 20.0. The van der Waals surface area contributed by atoms with Crippen molar-refractivity contribution in [3.63, 3.8) is 0 Å². The summed E-state index contributed by atoms with van der Waals surface area (Å²) in [6.45, 7) is 9.38. The Kier molecular flexibility index (Phi) is 5.74. The molecular formula is C11H20N2O3. The summed E-state index contributed by atoms with van der Waals surface area (Å²) in [4.78, 5) is 11.6. The van der Waals surface area contributed by atoms with E-state index in [2.05, 4.69) is 6.58 Å². The van der Waals surface area contributed by atoms with Crippen LogP contribution < -0.4 is 0 Å². The standard InChI is InChI=1S/C11H20N2O3/c1-8(2)11(14)7-12(5)9(3)6-10(4)13(15)16/h6,8,11,14H,4,7H2,1-3,5H3/b9-6-. The van der Waals surface area contributed by atoms with Crippen LogP contribution in [0.2, 0.25) is 0 Å². The lowest BCUT2D eigenvalue weighted by Crippen LogP contribution is -2.31. The molecule has 0 aliphatic rings. The number of hydrogen-bond donors (Lipinski definition) is 1. The number of aliphatic hydroxyl groups is 1. The first-order valence-corrected chi connectivity index (χ1v) is 5.16. The number of nitro groups is 1. The molecule has 0 rings (SSSR count). The van der Waals surface area contributed by atoms with Gasteiger partial charge in [-0.15, -0.1) is 0 Å². The van der Waals surface area contributed by atoms with E-state index in [1.165, 1.54) is 6.08 Å². The van der Waals surface area contributed by atoms with Gasteiger partial charge in [0.05, 0.1) is 11.0 Å². The van der Waals surface area contributed by atoms with Gasteiger partial charge in [0.15, 0.2) is 0 Å². The molecule has 0 aromatic rings. The summed E-state index contributed by atoms with van der Waals surface area (Å²) in [7, 11) is 1.78. The van der Waals surface area contributed by atoms with Crippen LogP contribution in [0.3, 0.4) is 0 Å². The van der Waals surface area contributed by atoms with Crippen LogP contribution in [0.4, 0.5) is 0 Å². The normalized spacial score (nSPS) is 13.8. The zero-order chi connectivity index (χ0) is 12.9. The van der Waals surface area contributed by atoms with Crippen molar-refractivity contribution >= 4 is 0 Å². The lowest BCUT2D eigenvalue weighted by atomic mass is 10.1. The number of nitrogens with zero attached hydrogens (tertiary/aromatic N) is 2. The predicted molar refractivity (Wildman–Crippen MR) is 63.4 cm³/mol. The molecule has 0 radical (unpaired) electrons. The summed E-state index contributed by atoms with van der Waals surface area (Å²) in [5.41, 5.74) is 0.560. The van der Waals surface area contributed by atoms with Crippen molar-refractivity contribution in [2.24, 2.45) is 5.92 Å². The Labute approximate surface area is 96.2 Å². The highest BCUT2D eigenvalue weighted by Crippen LogP contribution is 2.09. The van der Waals surface area contributed by atoms with E-state index in [4.69, 9.17) is 0 Å². The van der Waals surface area contributed by atoms with Gasteiger partial charge in [0, 0.05) is 25.4 Å². The van der Waals surface area contributed by atoms with Gasteiger partial charge in [-0.2, -0.15) is 0 Å². The third kappa shape index (κ3) is 4.93. The maximum absolute atomic E-state index is 10.4. The fourth-order valence-electron chi connectivity index (χ4n) is 1.04. The highest BCUT2D eigenvalue weighted by Gasteiger charge is 2.13. The van der Waals surface area contributed by atoms with Gasteiger partial charge in [0.1, 0.15) is 0 Å². The Hall–Kier alpha value is -1.36. The van der Waals surface area contributed by atoms with E-state index in [1.54, 1.807) is 18.9 Å². The van der Waals surface area contributed by atoms with Gasteiger partial charge in [-0.1, -0.05) is 13.8 Å². The predicted octanol–water partition coefficient (Wildman–Crippen LogP) is 1.63. The third-order valence-electron chi connectivity index (χ3n) is 2.44. The summed E-state index contributed by atoms with van der Waals surface area (Å²) >= 11 is 0. The van der Waals surface area contributed by atoms with Gasteiger partial charge in [0.25, 0.3) is 5.70 Å². The fourth-order valence-corrected chi connectivity index (χ4v) is 1.04. The molecule has 0 aliphatic carbocycles. The second kappa shape index (κ2) is 6.27. The second-order valence-electron chi connectivity index (χ2n) is 4.23. The lowest BCUT2D eigenvalue weighted by Gasteiger charge is -2.24. The Balaban J connectivity index is 4.44. The minimum Gasteiger partial charge on any atom is -0.391 e. The van der Waals surface area contributed by atoms with Crippen LogP contribution in [0, 0.1) is 16.0 Å². The summed E-state index contributed by atoms with van der Waals surface area (Å²) in [6, 6.07) is 0. The number of rotatable bonds is 6. The Morgan fingerprint density at radius 1 is 1.62 bits per heavy atom. The molecule has 0 fully saturated rings. The second-order valence-corrected chi connectivity index (χ2v) is 4.23. The number of allylic oxidation sites excluding steroid dienone is 2. The first-order valence-electron chi connectivity index (χ1n) is 5.16. The van der Waals surface area contributed by atoms with Gasteiger partial charge in [-0.25, -0.2) is 0 Å². The van der Waals surface area contributed by atoms with E-state index in [0.717, 1.165) is 0 Å². The van der Waals surface area contributed by atoms with Gasteiger partial charge in [-0.05, 0) is 19.4 Å². The number of hydrogen-bond acceptors (Lipinski definition) is 4. The first kappa shape index (κ1) is 14.6. The van der Waals surface area contributed by atoms with Crippen molar-refractivity contribution in [1.82, 2.24) is 4.90 Å². The molecule has 0 amide bonds. The molecule has 0 bridgehead atoms. The molecule has 92 valence electrons. The quantitative estimate of drug-likeness (QED) is 0.426. The van der Waals surface area contributed by atoms with Crippen LogP contribution in [0.25, 0.3) is 0 Å². The molecule has 0 spiro atoms. The minimum atomic E-state index is -0.532. The van der Waals surface area contributed by atoms with E-state index >= 15 is 0 Å². The highest BCUT2D eigenvalue weighted by atomic mass is 16.6. The maximum Gasteiger partial charge on any atom is 0.264 e. The Morgan fingerprint density at radius 3 is 2.50 bits per heavy atom. The molecule has 1 N–H and O–H groups in total. The van der Waals surface area contributed by atoms with Crippen molar-refractivity contribution in [2.45, 2.75) is 26.9 Å². The number of likely N-dealkylation sites (N-methyl/N-ethyl adjacent to an activating group) is 1. The molecule has 0 aromatic heterocycles. The van der Waals surface area contributed by atoms with Crippen LogP contribution in [0.1, 0.15) is 20.8 Å². The monoisotopic (exact) mass is 228 g/mol. The molecule has 0 saturated heterocycles. The lowest BCUT2D eigenvalue weighted by molar-refractivity contribution is -0.418. The van der Waals surface area contributed by atoms with Gasteiger partial charge in [-0.3, -0.25) is 10.1 Å². The number of aliphatic hydroxyl groups excluding tert-OH is 1. The van der Waals surface area contributed by atoms with E-state index < -0.39 is 11.0 Å². The third-order valence-corrected chi connectivity index (χ3v) is 2.44. The molecule has 0 aliphatic heterocycles. The van der Waals surface area contributed by atoms with Crippen LogP contribution in [-0.2, 0) is 0 Å². The topological polar surface area (TPSA) is 66.6 Å². The van der Waals surface area contributed by atoms with Crippen molar-refractivity contribution in [1.29, 1.82) is 0 Å². The zero-order valence-electron chi connectivity index (χ0n) is 10.3. The SMILES string of the molecule is C=C(/C=C(/C)N(C)CC(O)C(C)C)[N+](=O)[O-]. The van der Waals surface area contributed by atoms with Gasteiger partial charge >= 0.3 is 0 Å². The maximum atomic E-state index is 10.4. The van der Waals surface area contributed by atoms with E-state index in [-0.39, 0.29) is 11.6 Å². The average molecular weight is 228 g/mol. The minimum absolute atomic E-state index is 0.150. The summed E-state index contributed by atoms with van der Waals surface area (Å²) in [5.74, 6) is 0.161. The molecule has 0 aromatic carbocycles. The highest BCUT2D eigenvalue weighted by molar-refractivity contribution is 5.12. The van der Waals surface area contributed by atoms with Crippen LogP contribution >= 0.6 is 0 Å². The zero-order valence-corrected chi connectivity index (χ0v) is 10.3. The first-order chi connectivity index (χ1) is 7.25. The molecule has 0 saturated carbocycles. The molecule has 5 heteroatoms. The molecule has 0 heterocycles. The summed E-state index contributed by atoms with van der Waals surface area (Å²) < 4.78 is 0. The van der Waals surface area contributed by atoms with Crippen molar-refractivity contribution in [2.75, 3.05) is 13.6 Å². The van der Waals surface area contributed by atoms with Crippen LogP contribution in [0.5, 0.6) is 0 Å². The molecule has 16 heavy (non-hydrogen) atoms. The van der Waals surface area contributed by atoms with Crippen LogP contribution in [0.15, 0.2) is 24.0 Å². The molecule has 5 nitrogen and oxygen atoms in total. The Morgan fingerprint density at radius 2 is 2.12 bits per heavy atom. The smallest absolute Gasteiger partial charge is 0.264 e. The molecule has 1 unspecified atom stereocenters. The largest absolute Gasteiger partial charge is 0.391 e. The van der Waals surface area contributed by atoms with Crippen molar-refractivity contribution in [3.8, 4) is 0 Å². The van der Waals surface area contributed by atoms with E-state index in [0.29, 0.717) is 12.2 Å². The van der Waals surface area contributed by atoms with E-state index in [1.807, 2.05) is 13.8 Å². The van der Waals surface area contributed by atoms with Gasteiger partial charge < -0.3 is 10.0 Å².